The van der Waals surface area contributed by atoms with E-state index in [0.717, 1.165) is 6.54 Å². The van der Waals surface area contributed by atoms with Crippen molar-refractivity contribution in [2.45, 2.75) is 51.0 Å². The number of hydrogen-bond donors (Lipinski definition) is 1. The highest BCUT2D eigenvalue weighted by Crippen LogP contribution is 2.35. The largest absolute Gasteiger partial charge is 0.347 e. The minimum absolute atomic E-state index is 0.0633. The van der Waals surface area contributed by atoms with Crippen LogP contribution >= 0.6 is 0 Å². The van der Waals surface area contributed by atoms with Gasteiger partial charge in [0.25, 0.3) is 0 Å². The molecular weight excluding hydrogens is 238 g/mol. The molecule has 0 amide bonds. The van der Waals surface area contributed by atoms with Crippen molar-refractivity contribution in [1.29, 1.82) is 0 Å². The predicted octanol–water partition coefficient (Wildman–Crippen LogP) is 3.11. The van der Waals surface area contributed by atoms with Crippen LogP contribution in [0.5, 0.6) is 0 Å². The Bertz CT molecular complexity index is 446. The van der Waals surface area contributed by atoms with Crippen LogP contribution in [0.3, 0.4) is 0 Å². The van der Waals surface area contributed by atoms with Crippen LogP contribution in [-0.2, 0) is 15.0 Å². The van der Waals surface area contributed by atoms with Gasteiger partial charge in [0.15, 0.2) is 5.79 Å². The molecule has 1 N–H and O–H groups in total. The third kappa shape index (κ3) is 2.55. The Hall–Kier alpha value is -0.900. The van der Waals surface area contributed by atoms with Gasteiger partial charge in [0, 0.05) is 5.54 Å². The molecule has 2 aliphatic rings. The summed E-state index contributed by atoms with van der Waals surface area (Å²) in [7, 11) is 0. The van der Waals surface area contributed by atoms with E-state index in [2.05, 4.69) is 36.5 Å². The van der Waals surface area contributed by atoms with Gasteiger partial charge in [0.2, 0.25) is 0 Å². The fourth-order valence-electron chi connectivity index (χ4n) is 3.06. The van der Waals surface area contributed by atoms with Crippen molar-refractivity contribution in [2.75, 3.05) is 13.2 Å². The lowest BCUT2D eigenvalue weighted by molar-refractivity contribution is -0.139. The molecule has 2 unspecified atom stereocenters. The normalized spacial score (nSPS) is 33.7. The molecular formula is C16H23NO2. The summed E-state index contributed by atoms with van der Waals surface area (Å²) in [5.74, 6) is -0.456. The zero-order chi connectivity index (χ0) is 13.5. The van der Waals surface area contributed by atoms with Crippen LogP contribution in [0.15, 0.2) is 24.3 Å². The molecule has 0 aliphatic carbocycles. The van der Waals surface area contributed by atoms with Gasteiger partial charge in [-0.25, -0.2) is 0 Å². The number of nitrogens with one attached hydrogen (secondary N) is 1. The maximum absolute atomic E-state index is 5.89. The number of benzene rings is 1. The van der Waals surface area contributed by atoms with E-state index in [9.17, 15) is 0 Å². The average molecular weight is 261 g/mol. The van der Waals surface area contributed by atoms with Gasteiger partial charge in [-0.2, -0.15) is 0 Å². The van der Waals surface area contributed by atoms with Gasteiger partial charge in [-0.05, 0) is 51.3 Å². The second-order valence-electron chi connectivity index (χ2n) is 6.30. The minimum atomic E-state index is -0.456. The van der Waals surface area contributed by atoms with Crippen molar-refractivity contribution in [3.63, 3.8) is 0 Å². The van der Waals surface area contributed by atoms with Crippen molar-refractivity contribution in [3.8, 4) is 0 Å². The molecule has 2 saturated heterocycles. The van der Waals surface area contributed by atoms with Crippen LogP contribution in [0.4, 0.5) is 0 Å². The topological polar surface area (TPSA) is 30.5 Å². The molecule has 1 aromatic rings. The molecule has 19 heavy (non-hydrogen) atoms. The fourth-order valence-corrected chi connectivity index (χ4v) is 3.06. The Balaban J connectivity index is 1.76. The molecule has 0 saturated carbocycles. The summed E-state index contributed by atoms with van der Waals surface area (Å²) in [6, 6.07) is 8.80. The fraction of sp³-hybridized carbons (Fsp3) is 0.625. The van der Waals surface area contributed by atoms with E-state index in [0.29, 0.717) is 6.61 Å². The monoisotopic (exact) mass is 261 g/mol. The highest BCUT2D eigenvalue weighted by atomic mass is 16.7. The van der Waals surface area contributed by atoms with Gasteiger partial charge in [0.05, 0.1) is 6.61 Å². The molecule has 3 rings (SSSR count). The van der Waals surface area contributed by atoms with Crippen LogP contribution in [0.1, 0.15) is 50.8 Å². The Morgan fingerprint density at radius 3 is 2.42 bits per heavy atom. The highest BCUT2D eigenvalue weighted by molar-refractivity contribution is 5.30. The molecule has 2 aliphatic heterocycles. The van der Waals surface area contributed by atoms with Gasteiger partial charge in [-0.1, -0.05) is 24.3 Å². The summed E-state index contributed by atoms with van der Waals surface area (Å²) in [5, 5.41) is 3.60. The molecule has 2 atom stereocenters. The average Bonchev–Trinajstić information content (AvgIpc) is 2.97. The summed E-state index contributed by atoms with van der Waals surface area (Å²) in [4.78, 5) is 0. The van der Waals surface area contributed by atoms with Crippen LogP contribution in [0.2, 0.25) is 0 Å². The standard InChI is InChI=1S/C16H23NO2/c1-15(2)18-11-14(19-15)12-5-7-13(8-6-12)16(3)9-4-10-17-16/h5-8,14,17H,4,9-11H2,1-3H3. The van der Waals surface area contributed by atoms with E-state index in [1.165, 1.54) is 24.0 Å². The Morgan fingerprint density at radius 2 is 1.89 bits per heavy atom. The van der Waals surface area contributed by atoms with Crippen molar-refractivity contribution in [2.24, 2.45) is 0 Å². The quantitative estimate of drug-likeness (QED) is 0.887. The minimum Gasteiger partial charge on any atom is -0.347 e. The van der Waals surface area contributed by atoms with Crippen molar-refractivity contribution < 1.29 is 9.47 Å². The predicted molar refractivity (Wildman–Crippen MR) is 74.9 cm³/mol. The van der Waals surface area contributed by atoms with Crippen molar-refractivity contribution in [3.05, 3.63) is 35.4 Å². The van der Waals surface area contributed by atoms with E-state index in [4.69, 9.17) is 9.47 Å². The van der Waals surface area contributed by atoms with Crippen LogP contribution < -0.4 is 5.32 Å². The van der Waals surface area contributed by atoms with Crippen LogP contribution in [0, 0.1) is 0 Å². The van der Waals surface area contributed by atoms with Gasteiger partial charge >= 0.3 is 0 Å². The third-order valence-electron chi connectivity index (χ3n) is 4.30. The number of ether oxygens (including phenoxy) is 2. The summed E-state index contributed by atoms with van der Waals surface area (Å²) in [5.41, 5.74) is 2.72. The number of rotatable bonds is 2. The molecule has 0 aromatic heterocycles. The van der Waals surface area contributed by atoms with Crippen molar-refractivity contribution in [1.82, 2.24) is 5.32 Å². The lowest BCUT2D eigenvalue weighted by atomic mass is 9.89. The highest BCUT2D eigenvalue weighted by Gasteiger charge is 2.34. The Morgan fingerprint density at radius 1 is 1.16 bits per heavy atom. The van der Waals surface area contributed by atoms with E-state index in [1.807, 2.05) is 13.8 Å². The van der Waals surface area contributed by atoms with E-state index in [-0.39, 0.29) is 11.6 Å². The molecule has 2 heterocycles. The van der Waals surface area contributed by atoms with Gasteiger partial charge in [-0.15, -0.1) is 0 Å². The van der Waals surface area contributed by atoms with Gasteiger partial charge < -0.3 is 14.8 Å². The zero-order valence-electron chi connectivity index (χ0n) is 12.0. The molecule has 104 valence electrons. The van der Waals surface area contributed by atoms with Crippen molar-refractivity contribution >= 4 is 0 Å². The third-order valence-corrected chi connectivity index (χ3v) is 4.30. The first-order chi connectivity index (χ1) is 8.99. The lowest BCUT2D eigenvalue weighted by Gasteiger charge is -2.25. The smallest absolute Gasteiger partial charge is 0.163 e. The first-order valence-corrected chi connectivity index (χ1v) is 7.16. The first kappa shape index (κ1) is 13.1. The summed E-state index contributed by atoms with van der Waals surface area (Å²) in [6.07, 6.45) is 2.53. The van der Waals surface area contributed by atoms with Crippen LogP contribution in [0.25, 0.3) is 0 Å². The van der Waals surface area contributed by atoms with Gasteiger partial charge in [-0.3, -0.25) is 0 Å². The van der Waals surface area contributed by atoms with E-state index >= 15 is 0 Å². The molecule has 0 bridgehead atoms. The molecule has 3 heteroatoms. The molecule has 1 aromatic carbocycles. The summed E-state index contributed by atoms with van der Waals surface area (Å²) in [6.45, 7) is 7.97. The van der Waals surface area contributed by atoms with E-state index in [1.54, 1.807) is 0 Å². The first-order valence-electron chi connectivity index (χ1n) is 7.16. The SMILES string of the molecule is CC1(C)OCC(c2ccc(C3(C)CCCN3)cc2)O1. The van der Waals surface area contributed by atoms with Crippen LogP contribution in [-0.4, -0.2) is 18.9 Å². The second-order valence-corrected chi connectivity index (χ2v) is 6.30. The van der Waals surface area contributed by atoms with Gasteiger partial charge in [0.1, 0.15) is 6.10 Å². The molecule has 3 nitrogen and oxygen atoms in total. The molecule has 0 spiro atoms. The van der Waals surface area contributed by atoms with E-state index < -0.39 is 5.79 Å². The maximum atomic E-state index is 5.89. The Kier molecular flexibility index (Phi) is 3.16. The number of hydrogen-bond acceptors (Lipinski definition) is 3. The molecule has 0 radical (unpaired) electrons. The molecule has 2 fully saturated rings. The zero-order valence-corrected chi connectivity index (χ0v) is 12.0. The lowest BCUT2D eigenvalue weighted by Crippen LogP contribution is -2.33. The second kappa shape index (κ2) is 4.58. The summed E-state index contributed by atoms with van der Waals surface area (Å²) < 4.78 is 11.5. The summed E-state index contributed by atoms with van der Waals surface area (Å²) >= 11 is 0. The Labute approximate surface area is 115 Å². The maximum Gasteiger partial charge on any atom is 0.163 e.